The van der Waals surface area contributed by atoms with Crippen molar-refractivity contribution in [3.8, 4) is 17.2 Å². The molecule has 1 atom stereocenters. The van der Waals surface area contributed by atoms with Gasteiger partial charge in [0.25, 0.3) is 0 Å². The maximum Gasteiger partial charge on any atom is 0.442 e. The second kappa shape index (κ2) is 10.1. The predicted molar refractivity (Wildman–Crippen MR) is 161 cm³/mol. The zero-order valence-corrected chi connectivity index (χ0v) is 22.4. The zero-order valence-electron chi connectivity index (χ0n) is 21.5. The Labute approximate surface area is 232 Å². The van der Waals surface area contributed by atoms with Crippen molar-refractivity contribution in [2.75, 3.05) is 0 Å². The van der Waals surface area contributed by atoms with Crippen molar-refractivity contribution in [2.45, 2.75) is 5.66 Å². The lowest BCUT2D eigenvalue weighted by molar-refractivity contribution is 0.375. The van der Waals surface area contributed by atoms with E-state index < -0.39 is 13.3 Å². The molecule has 0 saturated heterocycles. The van der Waals surface area contributed by atoms with Crippen LogP contribution in [0.3, 0.4) is 0 Å². The van der Waals surface area contributed by atoms with Gasteiger partial charge in [-0.3, -0.25) is 0 Å². The minimum atomic E-state index is -3.94. The van der Waals surface area contributed by atoms with Gasteiger partial charge in [0.2, 0.25) is 0 Å². The van der Waals surface area contributed by atoms with Crippen molar-refractivity contribution in [3.63, 3.8) is 0 Å². The van der Waals surface area contributed by atoms with Crippen molar-refractivity contribution in [1.82, 2.24) is 0 Å². The van der Waals surface area contributed by atoms with E-state index in [9.17, 15) is 0 Å². The highest BCUT2D eigenvalue weighted by atomic mass is 31.2. The highest BCUT2D eigenvalue weighted by Gasteiger charge is 2.43. The minimum absolute atomic E-state index is 0.474. The van der Waals surface area contributed by atoms with Gasteiger partial charge in [-0.25, -0.2) is 4.57 Å². The molecule has 1 aliphatic heterocycles. The Bertz CT molecular complexity index is 1840. The Morgan fingerprint density at radius 2 is 1.07 bits per heavy atom. The van der Waals surface area contributed by atoms with Crippen LogP contribution in [0, 0.1) is 0 Å². The van der Waals surface area contributed by atoms with Crippen molar-refractivity contribution in [3.05, 3.63) is 157 Å². The summed E-state index contributed by atoms with van der Waals surface area (Å²) in [6.07, 6.45) is 1.86. The topological polar surface area (TPSA) is 44.8 Å². The number of allylic oxidation sites excluding steroid dienone is 1. The SMILES string of the molecule is O=P(Oc1ccc2ccccc2c1)(Oc1ccc2ccccc2c1)C1C=C(c2ccccc2)Oc2ccccc21. The standard InChI is InChI=1S/C35H25O4P/c36-40(38-30-20-18-25-10-4-6-14-28(25)22-30,39-31-21-19-26-11-5-7-15-29(26)23-31)35-24-34(27-12-2-1-3-13-27)37-33-17-9-8-16-32(33)35/h1-24,35H. The summed E-state index contributed by atoms with van der Waals surface area (Å²) in [6.45, 7) is 0. The molecule has 5 heteroatoms. The molecule has 0 N–H and O–H groups in total. The van der Waals surface area contributed by atoms with E-state index in [1.54, 1.807) is 0 Å². The molecule has 4 nitrogen and oxygen atoms in total. The first kappa shape index (κ1) is 24.3. The maximum atomic E-state index is 15.2. The predicted octanol–water partition coefficient (Wildman–Crippen LogP) is 9.82. The van der Waals surface area contributed by atoms with E-state index >= 15 is 4.57 Å². The third-order valence-electron chi connectivity index (χ3n) is 7.07. The van der Waals surface area contributed by atoms with Gasteiger partial charge in [0.15, 0.2) is 0 Å². The molecule has 40 heavy (non-hydrogen) atoms. The largest absolute Gasteiger partial charge is 0.457 e. The summed E-state index contributed by atoms with van der Waals surface area (Å²) in [5.41, 5.74) is 0.905. The minimum Gasteiger partial charge on any atom is -0.457 e. The van der Waals surface area contributed by atoms with Crippen LogP contribution in [0.5, 0.6) is 17.2 Å². The Morgan fingerprint density at radius 3 is 1.70 bits per heavy atom. The molecule has 0 amide bonds. The lowest BCUT2D eigenvalue weighted by Gasteiger charge is -2.30. The smallest absolute Gasteiger partial charge is 0.442 e. The first-order valence-corrected chi connectivity index (χ1v) is 14.8. The van der Waals surface area contributed by atoms with Gasteiger partial charge < -0.3 is 13.8 Å². The number of benzene rings is 6. The van der Waals surface area contributed by atoms with Gasteiger partial charge in [-0.2, -0.15) is 0 Å². The number of rotatable bonds is 6. The zero-order chi connectivity index (χ0) is 26.9. The monoisotopic (exact) mass is 540 g/mol. The number of para-hydroxylation sites is 1. The summed E-state index contributed by atoms with van der Waals surface area (Å²) in [6, 6.07) is 44.8. The lowest BCUT2D eigenvalue weighted by atomic mass is 10.0. The number of fused-ring (bicyclic) bond motifs is 3. The van der Waals surface area contributed by atoms with E-state index in [0.29, 0.717) is 23.0 Å². The van der Waals surface area contributed by atoms with Crippen LogP contribution in [0.25, 0.3) is 27.3 Å². The van der Waals surface area contributed by atoms with E-state index in [2.05, 4.69) is 0 Å². The molecular formula is C35H25O4P. The molecule has 1 heterocycles. The van der Waals surface area contributed by atoms with Gasteiger partial charge in [-0.05, 0) is 58.0 Å². The van der Waals surface area contributed by atoms with Crippen molar-refractivity contribution in [1.29, 1.82) is 0 Å². The fraction of sp³-hybridized carbons (Fsp3) is 0.0286. The molecule has 1 aliphatic rings. The van der Waals surface area contributed by atoms with Crippen molar-refractivity contribution < 1.29 is 18.3 Å². The fourth-order valence-corrected chi connectivity index (χ4v) is 7.05. The van der Waals surface area contributed by atoms with Gasteiger partial charge >= 0.3 is 7.60 Å². The van der Waals surface area contributed by atoms with Crippen LogP contribution in [0.2, 0.25) is 0 Å². The molecule has 0 fully saturated rings. The average Bonchev–Trinajstić information content (AvgIpc) is 3.01. The van der Waals surface area contributed by atoms with E-state index in [1.807, 2.05) is 146 Å². The van der Waals surface area contributed by atoms with Crippen molar-refractivity contribution >= 4 is 34.9 Å². The third-order valence-corrected chi connectivity index (χ3v) is 9.11. The summed E-state index contributed by atoms with van der Waals surface area (Å²) < 4.78 is 34.3. The Kier molecular flexibility index (Phi) is 6.11. The van der Waals surface area contributed by atoms with Gasteiger partial charge in [-0.15, -0.1) is 0 Å². The first-order chi connectivity index (χ1) is 19.6. The number of hydrogen-bond donors (Lipinski definition) is 0. The van der Waals surface area contributed by atoms with Gasteiger partial charge in [0.1, 0.15) is 28.7 Å². The molecule has 0 aromatic heterocycles. The van der Waals surface area contributed by atoms with E-state index in [0.717, 1.165) is 32.7 Å². The maximum absolute atomic E-state index is 15.2. The molecule has 0 bridgehead atoms. The van der Waals surface area contributed by atoms with Gasteiger partial charge in [-0.1, -0.05) is 109 Å². The quantitative estimate of drug-likeness (QED) is 0.197. The summed E-state index contributed by atoms with van der Waals surface area (Å²) in [7, 11) is -3.94. The molecule has 6 aromatic carbocycles. The molecule has 194 valence electrons. The lowest BCUT2D eigenvalue weighted by Crippen LogP contribution is -2.15. The molecule has 0 spiro atoms. The molecule has 0 radical (unpaired) electrons. The molecule has 0 saturated carbocycles. The van der Waals surface area contributed by atoms with E-state index in [4.69, 9.17) is 13.8 Å². The summed E-state index contributed by atoms with van der Waals surface area (Å²) in [5.74, 6) is 2.18. The molecular weight excluding hydrogens is 515 g/mol. The normalized spacial score (nSPS) is 14.7. The second-order valence-electron chi connectivity index (χ2n) is 9.72. The van der Waals surface area contributed by atoms with Crippen LogP contribution >= 0.6 is 7.60 Å². The summed E-state index contributed by atoms with van der Waals surface area (Å²) in [5, 5.41) is 4.13. The molecule has 7 rings (SSSR count). The summed E-state index contributed by atoms with van der Waals surface area (Å²) >= 11 is 0. The van der Waals surface area contributed by atoms with Crippen LogP contribution in [0.15, 0.2) is 146 Å². The molecule has 1 unspecified atom stereocenters. The highest BCUT2D eigenvalue weighted by Crippen LogP contribution is 2.64. The van der Waals surface area contributed by atoms with Gasteiger partial charge in [0, 0.05) is 11.1 Å². The Hall–Kier alpha value is -4.79. The highest BCUT2D eigenvalue weighted by molar-refractivity contribution is 7.55. The van der Waals surface area contributed by atoms with Gasteiger partial charge in [0.05, 0.1) is 0 Å². The van der Waals surface area contributed by atoms with Crippen LogP contribution in [0.1, 0.15) is 16.8 Å². The second-order valence-corrected chi connectivity index (χ2v) is 11.7. The van der Waals surface area contributed by atoms with E-state index in [1.165, 1.54) is 0 Å². The summed E-state index contributed by atoms with van der Waals surface area (Å²) in [4.78, 5) is 0. The Morgan fingerprint density at radius 1 is 0.550 bits per heavy atom. The van der Waals surface area contributed by atoms with Crippen LogP contribution in [-0.4, -0.2) is 0 Å². The molecule has 6 aromatic rings. The molecule has 0 aliphatic carbocycles. The fourth-order valence-electron chi connectivity index (χ4n) is 5.10. The Balaban J connectivity index is 1.38. The van der Waals surface area contributed by atoms with Crippen molar-refractivity contribution in [2.24, 2.45) is 0 Å². The number of hydrogen-bond acceptors (Lipinski definition) is 4. The van der Waals surface area contributed by atoms with E-state index in [-0.39, 0.29) is 0 Å². The number of ether oxygens (including phenoxy) is 1. The average molecular weight is 541 g/mol. The third kappa shape index (κ3) is 4.64. The van der Waals surface area contributed by atoms with Crippen LogP contribution in [0.4, 0.5) is 0 Å². The van der Waals surface area contributed by atoms with Crippen LogP contribution in [-0.2, 0) is 4.57 Å². The first-order valence-electron chi connectivity index (χ1n) is 13.2. The van der Waals surface area contributed by atoms with Crippen LogP contribution < -0.4 is 13.8 Å².